The minimum atomic E-state index is -0.101. The first kappa shape index (κ1) is 17.6. The number of fused-ring (bicyclic) bond motifs is 1. The fourth-order valence-electron chi connectivity index (χ4n) is 3.59. The zero-order chi connectivity index (χ0) is 18.8. The maximum Gasteiger partial charge on any atom is 0.229 e. The van der Waals surface area contributed by atoms with E-state index in [4.69, 9.17) is 9.47 Å². The van der Waals surface area contributed by atoms with E-state index in [-0.39, 0.29) is 11.8 Å². The van der Waals surface area contributed by atoms with Crippen molar-refractivity contribution < 1.29 is 14.3 Å². The maximum absolute atomic E-state index is 12.8. The number of aryl methyl sites for hydroxylation is 2. The van der Waals surface area contributed by atoms with Gasteiger partial charge in [-0.3, -0.25) is 4.79 Å². The number of nitrogens with one attached hydrogen (secondary N) is 1. The summed E-state index contributed by atoms with van der Waals surface area (Å²) in [6, 6.07) is 7.46. The van der Waals surface area contributed by atoms with Crippen LogP contribution >= 0.6 is 0 Å². The molecule has 1 amide bonds. The third-order valence-corrected chi connectivity index (χ3v) is 4.86. The fraction of sp³-hybridized carbons (Fsp3) is 0.450. The second-order valence-electron chi connectivity index (χ2n) is 7.08. The van der Waals surface area contributed by atoms with Crippen LogP contribution in [0.4, 0.5) is 11.6 Å². The average Bonchev–Trinajstić information content (AvgIpc) is 2.67. The summed E-state index contributed by atoms with van der Waals surface area (Å²) < 4.78 is 11.1. The van der Waals surface area contributed by atoms with Gasteiger partial charge in [0.1, 0.15) is 13.2 Å². The molecule has 2 aromatic rings. The summed E-state index contributed by atoms with van der Waals surface area (Å²) in [5.74, 6) is 2.02. The van der Waals surface area contributed by atoms with Gasteiger partial charge in [-0.15, -0.1) is 0 Å². The van der Waals surface area contributed by atoms with Crippen LogP contribution in [0.5, 0.6) is 11.5 Å². The predicted octanol–water partition coefficient (Wildman–Crippen LogP) is 2.72. The molecule has 3 heterocycles. The lowest BCUT2D eigenvalue weighted by Gasteiger charge is -2.32. The molecular weight excluding hydrogens is 344 g/mol. The second-order valence-corrected chi connectivity index (χ2v) is 7.08. The Labute approximate surface area is 158 Å². The highest BCUT2D eigenvalue weighted by Crippen LogP contribution is 2.33. The standard InChI is InChI=1S/C20H24N4O3/c1-13-10-14(2)22-20(21-13)24-7-3-4-15(12-24)19(25)23-16-5-6-17-18(11-16)27-9-8-26-17/h5-6,10-11,15H,3-4,7-9,12H2,1-2H3,(H,23,25)/t15-/m1/s1. The van der Waals surface area contributed by atoms with Crippen LogP contribution in [0.1, 0.15) is 24.2 Å². The summed E-state index contributed by atoms with van der Waals surface area (Å²) in [6.45, 7) is 6.51. The molecule has 1 fully saturated rings. The van der Waals surface area contributed by atoms with Crippen LogP contribution in [0.25, 0.3) is 0 Å². The monoisotopic (exact) mass is 368 g/mol. The van der Waals surface area contributed by atoms with E-state index >= 15 is 0 Å². The highest BCUT2D eigenvalue weighted by Gasteiger charge is 2.27. The Bertz CT molecular complexity index is 835. The summed E-state index contributed by atoms with van der Waals surface area (Å²) in [7, 11) is 0. The summed E-state index contributed by atoms with van der Waals surface area (Å²) in [5.41, 5.74) is 2.62. The quantitative estimate of drug-likeness (QED) is 0.898. The van der Waals surface area contributed by atoms with Gasteiger partial charge < -0.3 is 19.7 Å². The lowest BCUT2D eigenvalue weighted by atomic mass is 9.97. The SMILES string of the molecule is Cc1cc(C)nc(N2CCC[C@@H](C(=O)Nc3ccc4c(c3)OCCO4)C2)n1. The normalized spacial score (nSPS) is 18.9. The Kier molecular flexibility index (Phi) is 4.83. The number of nitrogens with zero attached hydrogens (tertiary/aromatic N) is 3. The van der Waals surface area contributed by atoms with E-state index < -0.39 is 0 Å². The molecule has 0 aliphatic carbocycles. The molecule has 1 N–H and O–H groups in total. The van der Waals surface area contributed by atoms with Crippen molar-refractivity contribution >= 4 is 17.5 Å². The van der Waals surface area contributed by atoms with E-state index in [1.807, 2.05) is 38.1 Å². The molecule has 0 radical (unpaired) electrons. The Morgan fingerprint density at radius 1 is 1.11 bits per heavy atom. The largest absolute Gasteiger partial charge is 0.486 e. The van der Waals surface area contributed by atoms with Gasteiger partial charge in [0.2, 0.25) is 11.9 Å². The van der Waals surface area contributed by atoms with E-state index in [1.54, 1.807) is 0 Å². The smallest absolute Gasteiger partial charge is 0.229 e. The fourth-order valence-corrected chi connectivity index (χ4v) is 3.59. The molecule has 7 nitrogen and oxygen atoms in total. The molecule has 2 aliphatic heterocycles. The molecule has 1 aromatic carbocycles. The summed E-state index contributed by atoms with van der Waals surface area (Å²) in [5, 5.41) is 3.01. The van der Waals surface area contributed by atoms with Gasteiger partial charge in [0.05, 0.1) is 5.92 Å². The summed E-state index contributed by atoms with van der Waals surface area (Å²) in [6.07, 6.45) is 1.80. The number of piperidine rings is 1. The average molecular weight is 368 g/mol. The molecule has 1 saturated heterocycles. The molecule has 0 bridgehead atoms. The number of benzene rings is 1. The van der Waals surface area contributed by atoms with Gasteiger partial charge in [-0.1, -0.05) is 0 Å². The molecule has 142 valence electrons. The molecule has 1 atom stereocenters. The second kappa shape index (κ2) is 7.42. The molecule has 4 rings (SSSR count). The van der Waals surface area contributed by atoms with Crippen molar-refractivity contribution in [3.63, 3.8) is 0 Å². The first-order valence-electron chi connectivity index (χ1n) is 9.36. The Morgan fingerprint density at radius 2 is 1.85 bits per heavy atom. The lowest BCUT2D eigenvalue weighted by molar-refractivity contribution is -0.120. The number of hydrogen-bond donors (Lipinski definition) is 1. The molecule has 0 spiro atoms. The van der Waals surface area contributed by atoms with E-state index in [9.17, 15) is 4.79 Å². The Morgan fingerprint density at radius 3 is 2.63 bits per heavy atom. The molecule has 2 aliphatic rings. The zero-order valence-corrected chi connectivity index (χ0v) is 15.7. The van der Waals surface area contributed by atoms with Crippen molar-refractivity contribution in [2.24, 2.45) is 5.92 Å². The van der Waals surface area contributed by atoms with Crippen LogP contribution in [-0.4, -0.2) is 42.2 Å². The van der Waals surface area contributed by atoms with Crippen LogP contribution in [-0.2, 0) is 4.79 Å². The number of hydrogen-bond acceptors (Lipinski definition) is 6. The van der Waals surface area contributed by atoms with Gasteiger partial charge in [-0.05, 0) is 44.9 Å². The molecular formula is C20H24N4O3. The number of aromatic nitrogens is 2. The van der Waals surface area contributed by atoms with Crippen LogP contribution in [0.3, 0.4) is 0 Å². The molecule has 7 heteroatoms. The zero-order valence-electron chi connectivity index (χ0n) is 15.7. The van der Waals surface area contributed by atoms with Gasteiger partial charge in [-0.2, -0.15) is 0 Å². The van der Waals surface area contributed by atoms with Crippen LogP contribution in [0.2, 0.25) is 0 Å². The van der Waals surface area contributed by atoms with Crippen molar-refractivity contribution in [3.05, 3.63) is 35.7 Å². The van der Waals surface area contributed by atoms with E-state index in [0.717, 1.165) is 42.2 Å². The van der Waals surface area contributed by atoms with Crippen LogP contribution in [0, 0.1) is 19.8 Å². The van der Waals surface area contributed by atoms with Crippen molar-refractivity contribution in [2.45, 2.75) is 26.7 Å². The van der Waals surface area contributed by atoms with Gasteiger partial charge >= 0.3 is 0 Å². The number of carbonyl (C=O) groups excluding carboxylic acids is 1. The number of anilines is 2. The minimum Gasteiger partial charge on any atom is -0.486 e. The van der Waals surface area contributed by atoms with Gasteiger partial charge in [0, 0.05) is 36.2 Å². The highest BCUT2D eigenvalue weighted by molar-refractivity contribution is 5.93. The predicted molar refractivity (Wildman–Crippen MR) is 103 cm³/mol. The van der Waals surface area contributed by atoms with Gasteiger partial charge in [-0.25, -0.2) is 9.97 Å². The Balaban J connectivity index is 1.44. The van der Waals surface area contributed by atoms with E-state index in [1.165, 1.54) is 0 Å². The van der Waals surface area contributed by atoms with E-state index in [2.05, 4.69) is 20.2 Å². The molecule has 0 unspecified atom stereocenters. The van der Waals surface area contributed by atoms with Crippen LogP contribution in [0.15, 0.2) is 24.3 Å². The van der Waals surface area contributed by atoms with Gasteiger partial charge in [0.15, 0.2) is 11.5 Å². The third kappa shape index (κ3) is 3.97. The Hall–Kier alpha value is -2.83. The van der Waals surface area contributed by atoms with E-state index in [0.29, 0.717) is 31.5 Å². The van der Waals surface area contributed by atoms with Crippen molar-refractivity contribution in [1.82, 2.24) is 9.97 Å². The lowest BCUT2D eigenvalue weighted by Crippen LogP contribution is -2.41. The molecule has 27 heavy (non-hydrogen) atoms. The molecule has 0 saturated carbocycles. The topological polar surface area (TPSA) is 76.6 Å². The first-order chi connectivity index (χ1) is 13.1. The third-order valence-electron chi connectivity index (χ3n) is 4.86. The number of rotatable bonds is 3. The summed E-state index contributed by atoms with van der Waals surface area (Å²) >= 11 is 0. The summed E-state index contributed by atoms with van der Waals surface area (Å²) in [4.78, 5) is 24.0. The molecule has 1 aromatic heterocycles. The van der Waals surface area contributed by atoms with Crippen molar-refractivity contribution in [2.75, 3.05) is 36.5 Å². The van der Waals surface area contributed by atoms with Crippen molar-refractivity contribution in [3.8, 4) is 11.5 Å². The van der Waals surface area contributed by atoms with Crippen LogP contribution < -0.4 is 19.7 Å². The number of carbonyl (C=O) groups is 1. The number of amides is 1. The maximum atomic E-state index is 12.8. The van der Waals surface area contributed by atoms with Crippen molar-refractivity contribution in [1.29, 1.82) is 0 Å². The minimum absolute atomic E-state index is 0.0146. The van der Waals surface area contributed by atoms with Gasteiger partial charge in [0.25, 0.3) is 0 Å². The number of ether oxygens (including phenoxy) is 2. The first-order valence-corrected chi connectivity index (χ1v) is 9.36. The highest BCUT2D eigenvalue weighted by atomic mass is 16.6.